The highest BCUT2D eigenvalue weighted by Crippen LogP contribution is 2.18. The molecule has 0 bridgehead atoms. The van der Waals surface area contributed by atoms with E-state index in [2.05, 4.69) is 5.32 Å². The Kier molecular flexibility index (Phi) is 5.55. The van der Waals surface area contributed by atoms with Gasteiger partial charge in [-0.2, -0.15) is 0 Å². The number of hydrogen-bond donors (Lipinski definition) is 2. The first-order chi connectivity index (χ1) is 8.90. The summed E-state index contributed by atoms with van der Waals surface area (Å²) in [5.74, 6) is -1.41. The van der Waals surface area contributed by atoms with Crippen LogP contribution in [0.25, 0.3) is 0 Å². The van der Waals surface area contributed by atoms with Crippen molar-refractivity contribution in [2.75, 3.05) is 5.32 Å². The van der Waals surface area contributed by atoms with Crippen LogP contribution in [-0.4, -0.2) is 17.0 Å². The SMILES string of the molecule is Cc1cccc(NC(=O)CCC(C(=O)O)C(C)C)c1. The van der Waals surface area contributed by atoms with Gasteiger partial charge >= 0.3 is 5.97 Å². The molecule has 0 radical (unpaired) electrons. The maximum absolute atomic E-state index is 11.8. The zero-order valence-electron chi connectivity index (χ0n) is 11.6. The Hall–Kier alpha value is -1.84. The molecule has 104 valence electrons. The number of hydrogen-bond acceptors (Lipinski definition) is 2. The second-order valence-corrected chi connectivity index (χ2v) is 5.15. The quantitative estimate of drug-likeness (QED) is 0.829. The molecule has 0 fully saturated rings. The van der Waals surface area contributed by atoms with E-state index in [9.17, 15) is 9.59 Å². The molecular formula is C15H21NO3. The maximum Gasteiger partial charge on any atom is 0.306 e. The molecule has 0 saturated heterocycles. The molecule has 0 saturated carbocycles. The molecule has 1 amide bonds. The van der Waals surface area contributed by atoms with E-state index in [4.69, 9.17) is 5.11 Å². The summed E-state index contributed by atoms with van der Waals surface area (Å²) in [6, 6.07) is 7.53. The van der Waals surface area contributed by atoms with Crippen LogP contribution < -0.4 is 5.32 Å². The van der Waals surface area contributed by atoms with Gasteiger partial charge in [-0.25, -0.2) is 0 Å². The topological polar surface area (TPSA) is 66.4 Å². The second-order valence-electron chi connectivity index (χ2n) is 5.15. The summed E-state index contributed by atoms with van der Waals surface area (Å²) >= 11 is 0. The number of amides is 1. The van der Waals surface area contributed by atoms with Crippen molar-refractivity contribution in [3.8, 4) is 0 Å². The van der Waals surface area contributed by atoms with E-state index in [0.717, 1.165) is 11.3 Å². The average Bonchev–Trinajstić information content (AvgIpc) is 2.27. The summed E-state index contributed by atoms with van der Waals surface area (Å²) in [5.41, 5.74) is 1.82. The summed E-state index contributed by atoms with van der Waals surface area (Å²) in [4.78, 5) is 22.8. The van der Waals surface area contributed by atoms with Crippen molar-refractivity contribution in [2.45, 2.75) is 33.6 Å². The van der Waals surface area contributed by atoms with Crippen LogP contribution in [0.5, 0.6) is 0 Å². The van der Waals surface area contributed by atoms with Gasteiger partial charge in [0.2, 0.25) is 5.91 Å². The third-order valence-electron chi connectivity index (χ3n) is 3.11. The highest BCUT2D eigenvalue weighted by atomic mass is 16.4. The standard InChI is InChI=1S/C15H21NO3/c1-10(2)13(15(18)19)7-8-14(17)16-12-6-4-5-11(3)9-12/h4-6,9-10,13H,7-8H2,1-3H3,(H,16,17)(H,18,19). The van der Waals surface area contributed by atoms with Crippen LogP contribution in [-0.2, 0) is 9.59 Å². The minimum Gasteiger partial charge on any atom is -0.481 e. The molecule has 1 unspecified atom stereocenters. The molecule has 0 spiro atoms. The summed E-state index contributed by atoms with van der Waals surface area (Å²) in [7, 11) is 0. The lowest BCUT2D eigenvalue weighted by molar-refractivity contribution is -0.143. The smallest absolute Gasteiger partial charge is 0.306 e. The third-order valence-corrected chi connectivity index (χ3v) is 3.11. The number of rotatable bonds is 6. The van der Waals surface area contributed by atoms with E-state index in [0.29, 0.717) is 6.42 Å². The van der Waals surface area contributed by atoms with Gasteiger partial charge in [0.05, 0.1) is 5.92 Å². The molecule has 0 aliphatic heterocycles. The van der Waals surface area contributed by atoms with Crippen molar-refractivity contribution in [1.29, 1.82) is 0 Å². The number of benzene rings is 1. The molecular weight excluding hydrogens is 242 g/mol. The number of carbonyl (C=O) groups excluding carboxylic acids is 1. The molecule has 0 aliphatic rings. The number of carbonyl (C=O) groups is 2. The average molecular weight is 263 g/mol. The number of anilines is 1. The van der Waals surface area contributed by atoms with Crippen LogP contribution in [0.2, 0.25) is 0 Å². The predicted molar refractivity (Wildman–Crippen MR) is 75.0 cm³/mol. The highest BCUT2D eigenvalue weighted by molar-refractivity contribution is 5.91. The molecule has 19 heavy (non-hydrogen) atoms. The molecule has 1 atom stereocenters. The third kappa shape index (κ3) is 5.12. The van der Waals surface area contributed by atoms with Crippen molar-refractivity contribution >= 4 is 17.6 Å². The maximum atomic E-state index is 11.8. The lowest BCUT2D eigenvalue weighted by atomic mass is 9.91. The van der Waals surface area contributed by atoms with Gasteiger partial charge in [-0.15, -0.1) is 0 Å². The second kappa shape index (κ2) is 6.92. The molecule has 1 rings (SSSR count). The van der Waals surface area contributed by atoms with Crippen molar-refractivity contribution < 1.29 is 14.7 Å². The van der Waals surface area contributed by atoms with E-state index in [1.807, 2.05) is 45.0 Å². The first-order valence-corrected chi connectivity index (χ1v) is 6.49. The number of nitrogens with one attached hydrogen (secondary N) is 1. The van der Waals surface area contributed by atoms with E-state index in [1.165, 1.54) is 0 Å². The van der Waals surface area contributed by atoms with Crippen LogP contribution >= 0.6 is 0 Å². The van der Waals surface area contributed by atoms with Gasteiger partial charge < -0.3 is 10.4 Å². The molecule has 0 aromatic heterocycles. The molecule has 0 heterocycles. The molecule has 1 aromatic carbocycles. The molecule has 2 N–H and O–H groups in total. The molecule has 4 heteroatoms. The number of aliphatic carboxylic acids is 1. The Morgan fingerprint density at radius 2 is 2.00 bits per heavy atom. The normalized spacial score (nSPS) is 12.2. The fraction of sp³-hybridized carbons (Fsp3) is 0.467. The van der Waals surface area contributed by atoms with Crippen molar-refractivity contribution in [3.05, 3.63) is 29.8 Å². The first-order valence-electron chi connectivity index (χ1n) is 6.49. The van der Waals surface area contributed by atoms with Gasteiger partial charge in [0, 0.05) is 12.1 Å². The minimum absolute atomic E-state index is 0.0317. The van der Waals surface area contributed by atoms with Crippen LogP contribution in [0.3, 0.4) is 0 Å². The molecule has 1 aromatic rings. The van der Waals surface area contributed by atoms with Gasteiger partial charge in [-0.1, -0.05) is 26.0 Å². The van der Waals surface area contributed by atoms with Crippen molar-refractivity contribution in [2.24, 2.45) is 11.8 Å². The first kappa shape index (κ1) is 15.2. The highest BCUT2D eigenvalue weighted by Gasteiger charge is 2.22. The molecule has 4 nitrogen and oxygen atoms in total. The van der Waals surface area contributed by atoms with Gasteiger partial charge in [0.15, 0.2) is 0 Å². The van der Waals surface area contributed by atoms with Crippen LogP contribution in [0.1, 0.15) is 32.3 Å². The van der Waals surface area contributed by atoms with E-state index in [-0.39, 0.29) is 18.2 Å². The van der Waals surface area contributed by atoms with E-state index in [1.54, 1.807) is 0 Å². The Balaban J connectivity index is 2.50. The fourth-order valence-electron chi connectivity index (χ4n) is 1.97. The lowest BCUT2D eigenvalue weighted by Gasteiger charge is -2.15. The minimum atomic E-state index is -0.835. The Morgan fingerprint density at radius 1 is 1.32 bits per heavy atom. The fourth-order valence-corrected chi connectivity index (χ4v) is 1.97. The zero-order valence-corrected chi connectivity index (χ0v) is 11.6. The summed E-state index contributed by atoms with van der Waals surface area (Å²) < 4.78 is 0. The summed E-state index contributed by atoms with van der Waals surface area (Å²) in [5, 5.41) is 11.8. The van der Waals surface area contributed by atoms with Crippen LogP contribution in [0.15, 0.2) is 24.3 Å². The Labute approximate surface area is 113 Å². The number of carboxylic acids is 1. The monoisotopic (exact) mass is 263 g/mol. The van der Waals surface area contributed by atoms with Gasteiger partial charge in [-0.05, 0) is 37.0 Å². The Morgan fingerprint density at radius 3 is 2.53 bits per heavy atom. The van der Waals surface area contributed by atoms with E-state index < -0.39 is 11.9 Å². The van der Waals surface area contributed by atoms with Crippen molar-refractivity contribution in [1.82, 2.24) is 0 Å². The van der Waals surface area contributed by atoms with Gasteiger partial charge in [0.25, 0.3) is 0 Å². The summed E-state index contributed by atoms with van der Waals surface area (Å²) in [6.07, 6.45) is 0.591. The predicted octanol–water partition coefficient (Wildman–Crippen LogP) is 3.07. The van der Waals surface area contributed by atoms with Gasteiger partial charge in [0.1, 0.15) is 0 Å². The number of aryl methyl sites for hydroxylation is 1. The lowest BCUT2D eigenvalue weighted by Crippen LogP contribution is -2.22. The van der Waals surface area contributed by atoms with E-state index >= 15 is 0 Å². The Bertz CT molecular complexity index is 454. The largest absolute Gasteiger partial charge is 0.481 e. The van der Waals surface area contributed by atoms with Gasteiger partial charge in [-0.3, -0.25) is 9.59 Å². The summed E-state index contributed by atoms with van der Waals surface area (Å²) in [6.45, 7) is 5.67. The van der Waals surface area contributed by atoms with Crippen LogP contribution in [0, 0.1) is 18.8 Å². The van der Waals surface area contributed by atoms with Crippen molar-refractivity contribution in [3.63, 3.8) is 0 Å². The van der Waals surface area contributed by atoms with Crippen LogP contribution in [0.4, 0.5) is 5.69 Å². The molecule has 0 aliphatic carbocycles. The number of carboxylic acid groups (broad SMARTS) is 1. The zero-order chi connectivity index (χ0) is 14.4.